The van der Waals surface area contributed by atoms with Gasteiger partial charge in [-0.15, -0.1) is 11.3 Å². The lowest BCUT2D eigenvalue weighted by Gasteiger charge is -2.08. The highest BCUT2D eigenvalue weighted by Gasteiger charge is 2.23. The highest BCUT2D eigenvalue weighted by atomic mass is 32.1. The quantitative estimate of drug-likeness (QED) is 0.824. The van der Waals surface area contributed by atoms with Crippen LogP contribution in [0.2, 0.25) is 0 Å². The van der Waals surface area contributed by atoms with Gasteiger partial charge in [0.1, 0.15) is 5.75 Å². The molecule has 0 atom stereocenters. The van der Waals surface area contributed by atoms with E-state index >= 15 is 0 Å². The number of hydrogen-bond acceptors (Lipinski definition) is 4. The van der Waals surface area contributed by atoms with E-state index in [-0.39, 0.29) is 11.7 Å². The largest absolute Gasteiger partial charge is 0.506 e. The van der Waals surface area contributed by atoms with Gasteiger partial charge in [-0.2, -0.15) is 0 Å². The van der Waals surface area contributed by atoms with E-state index < -0.39 is 0 Å². The van der Waals surface area contributed by atoms with Crippen molar-refractivity contribution in [2.45, 2.75) is 45.4 Å². The molecule has 0 spiro atoms. The van der Waals surface area contributed by atoms with E-state index in [1.807, 2.05) is 0 Å². The molecule has 2 rings (SSSR count). The Morgan fingerprint density at radius 3 is 2.71 bits per heavy atom. The fraction of sp³-hybridized carbons (Fsp3) is 0.615. The standard InChI is InChI=1S/C13H18O3S/c1-2-16-13(15)12-11(14)9-7-5-3-4-6-8-10(9)17-12/h14H,2-8H2,1H3. The zero-order valence-corrected chi connectivity index (χ0v) is 10.9. The molecule has 0 saturated carbocycles. The van der Waals surface area contributed by atoms with Gasteiger partial charge in [0.15, 0.2) is 4.88 Å². The monoisotopic (exact) mass is 254 g/mol. The van der Waals surface area contributed by atoms with Crippen LogP contribution in [-0.2, 0) is 17.6 Å². The summed E-state index contributed by atoms with van der Waals surface area (Å²) in [5.74, 6) is -0.216. The van der Waals surface area contributed by atoms with Crippen LogP contribution in [-0.4, -0.2) is 17.7 Å². The Morgan fingerprint density at radius 2 is 2.00 bits per heavy atom. The first-order valence-corrected chi connectivity index (χ1v) is 7.06. The maximum Gasteiger partial charge on any atom is 0.352 e. The summed E-state index contributed by atoms with van der Waals surface area (Å²) < 4.78 is 4.96. The summed E-state index contributed by atoms with van der Waals surface area (Å²) in [7, 11) is 0. The number of ether oxygens (including phenoxy) is 1. The summed E-state index contributed by atoms with van der Waals surface area (Å²) in [6, 6.07) is 0. The van der Waals surface area contributed by atoms with E-state index in [9.17, 15) is 9.90 Å². The molecule has 0 saturated heterocycles. The predicted molar refractivity (Wildman–Crippen MR) is 67.8 cm³/mol. The van der Waals surface area contributed by atoms with Gasteiger partial charge < -0.3 is 9.84 Å². The van der Waals surface area contributed by atoms with Gasteiger partial charge in [0, 0.05) is 10.4 Å². The summed E-state index contributed by atoms with van der Waals surface area (Å²) in [5, 5.41) is 10.1. The van der Waals surface area contributed by atoms with E-state index in [0.717, 1.165) is 31.2 Å². The second-order valence-electron chi connectivity index (χ2n) is 4.32. The molecule has 0 aliphatic heterocycles. The highest BCUT2D eigenvalue weighted by Crippen LogP contribution is 2.38. The van der Waals surface area contributed by atoms with Crippen molar-refractivity contribution in [3.05, 3.63) is 15.3 Å². The molecule has 1 aliphatic rings. The maximum absolute atomic E-state index is 11.7. The van der Waals surface area contributed by atoms with Crippen molar-refractivity contribution in [3.63, 3.8) is 0 Å². The minimum absolute atomic E-state index is 0.172. The van der Waals surface area contributed by atoms with Gasteiger partial charge in [-0.05, 0) is 32.6 Å². The molecule has 0 radical (unpaired) electrons. The van der Waals surface area contributed by atoms with Crippen LogP contribution in [0.1, 0.15) is 52.7 Å². The van der Waals surface area contributed by atoms with E-state index in [4.69, 9.17) is 4.74 Å². The highest BCUT2D eigenvalue weighted by molar-refractivity contribution is 7.14. The fourth-order valence-electron chi connectivity index (χ4n) is 2.24. The molecule has 1 N–H and O–H groups in total. The molecule has 0 aromatic carbocycles. The number of fused-ring (bicyclic) bond motifs is 1. The summed E-state index contributed by atoms with van der Waals surface area (Å²) in [5.41, 5.74) is 0.984. The van der Waals surface area contributed by atoms with Crippen molar-refractivity contribution >= 4 is 17.3 Å². The SMILES string of the molecule is CCOC(=O)c1sc2c(c1O)CCCCCC2. The van der Waals surface area contributed by atoms with Crippen molar-refractivity contribution in [3.8, 4) is 5.75 Å². The van der Waals surface area contributed by atoms with Crippen molar-refractivity contribution in [2.24, 2.45) is 0 Å². The number of esters is 1. The van der Waals surface area contributed by atoms with Crippen molar-refractivity contribution in [1.82, 2.24) is 0 Å². The molecule has 0 bridgehead atoms. The zero-order valence-electron chi connectivity index (χ0n) is 10.1. The smallest absolute Gasteiger partial charge is 0.352 e. The van der Waals surface area contributed by atoms with Gasteiger partial charge in [-0.1, -0.05) is 12.8 Å². The third-order valence-corrected chi connectivity index (χ3v) is 4.37. The van der Waals surface area contributed by atoms with Gasteiger partial charge >= 0.3 is 5.97 Å². The van der Waals surface area contributed by atoms with Crippen molar-refractivity contribution in [2.75, 3.05) is 6.61 Å². The van der Waals surface area contributed by atoms with Gasteiger partial charge in [-0.3, -0.25) is 0 Å². The molecule has 3 nitrogen and oxygen atoms in total. The number of aromatic hydroxyl groups is 1. The average molecular weight is 254 g/mol. The van der Waals surface area contributed by atoms with E-state index in [0.29, 0.717) is 11.5 Å². The molecule has 1 aliphatic carbocycles. The van der Waals surface area contributed by atoms with Crippen LogP contribution in [0.3, 0.4) is 0 Å². The molecular formula is C13H18O3S. The second kappa shape index (κ2) is 5.54. The molecule has 0 amide bonds. The van der Waals surface area contributed by atoms with E-state index in [1.54, 1.807) is 6.92 Å². The number of rotatable bonds is 2. The normalized spacial score (nSPS) is 15.8. The number of carbonyl (C=O) groups excluding carboxylic acids is 1. The van der Waals surface area contributed by atoms with E-state index in [2.05, 4.69) is 0 Å². The lowest BCUT2D eigenvalue weighted by atomic mass is 9.99. The van der Waals surface area contributed by atoms with Crippen LogP contribution in [0.15, 0.2) is 0 Å². The Hall–Kier alpha value is -1.03. The van der Waals surface area contributed by atoms with Crippen LogP contribution in [0.25, 0.3) is 0 Å². The molecule has 1 aromatic heterocycles. The summed E-state index contributed by atoms with van der Waals surface area (Å²) in [6.07, 6.45) is 6.56. The summed E-state index contributed by atoms with van der Waals surface area (Å²) in [4.78, 5) is 13.2. The molecular weight excluding hydrogens is 236 g/mol. The van der Waals surface area contributed by atoms with Crippen molar-refractivity contribution in [1.29, 1.82) is 0 Å². The molecule has 17 heavy (non-hydrogen) atoms. The number of hydrogen-bond donors (Lipinski definition) is 1. The van der Waals surface area contributed by atoms with Crippen LogP contribution < -0.4 is 0 Å². The van der Waals surface area contributed by atoms with Gasteiger partial charge in [-0.25, -0.2) is 4.79 Å². The average Bonchev–Trinajstić information content (AvgIpc) is 2.55. The fourth-order valence-corrected chi connectivity index (χ4v) is 3.41. The van der Waals surface area contributed by atoms with Crippen LogP contribution in [0, 0.1) is 0 Å². The van der Waals surface area contributed by atoms with Crippen LogP contribution in [0.4, 0.5) is 0 Å². The molecule has 4 heteroatoms. The molecule has 94 valence electrons. The number of carbonyl (C=O) groups is 1. The summed E-state index contributed by atoms with van der Waals surface area (Å²) >= 11 is 1.41. The minimum atomic E-state index is -0.387. The third kappa shape index (κ3) is 2.63. The molecule has 0 unspecified atom stereocenters. The lowest BCUT2D eigenvalue weighted by Crippen LogP contribution is -2.02. The topological polar surface area (TPSA) is 46.5 Å². The number of thiophene rings is 1. The Kier molecular flexibility index (Phi) is 4.05. The molecule has 1 heterocycles. The van der Waals surface area contributed by atoms with Crippen LogP contribution in [0.5, 0.6) is 5.75 Å². The first kappa shape index (κ1) is 12.4. The first-order chi connectivity index (χ1) is 8.24. The summed E-state index contributed by atoms with van der Waals surface area (Å²) in [6.45, 7) is 2.12. The Morgan fingerprint density at radius 1 is 1.29 bits per heavy atom. The van der Waals surface area contributed by atoms with Gasteiger partial charge in [0.25, 0.3) is 0 Å². The first-order valence-electron chi connectivity index (χ1n) is 6.24. The Balaban J connectivity index is 2.29. The Bertz CT molecular complexity index is 409. The minimum Gasteiger partial charge on any atom is -0.506 e. The second-order valence-corrected chi connectivity index (χ2v) is 5.42. The third-order valence-electron chi connectivity index (χ3n) is 3.10. The van der Waals surface area contributed by atoms with Crippen molar-refractivity contribution < 1.29 is 14.6 Å². The Labute approximate surface area is 105 Å². The van der Waals surface area contributed by atoms with E-state index in [1.165, 1.54) is 29.1 Å². The maximum atomic E-state index is 11.7. The number of aryl methyl sites for hydroxylation is 1. The molecule has 0 fully saturated rings. The lowest BCUT2D eigenvalue weighted by molar-refractivity contribution is 0.0529. The van der Waals surface area contributed by atoms with Gasteiger partial charge in [0.05, 0.1) is 6.61 Å². The predicted octanol–water partition coefficient (Wildman–Crippen LogP) is 3.29. The zero-order chi connectivity index (χ0) is 12.3. The van der Waals surface area contributed by atoms with Crippen LogP contribution >= 0.6 is 11.3 Å². The van der Waals surface area contributed by atoms with Gasteiger partial charge in [0.2, 0.25) is 0 Å². The molecule has 1 aromatic rings.